The summed E-state index contributed by atoms with van der Waals surface area (Å²) in [5.74, 6) is -0.353. The third kappa shape index (κ3) is 3.98. The SMILES string of the molecule is CCc1ccccc1.Cc1cccc2c1C=CC(C(N)=O)N2. The molecular weight excluding hydrogens is 272 g/mol. The molecule has 0 aliphatic carbocycles. The van der Waals surface area contributed by atoms with Gasteiger partial charge in [0.15, 0.2) is 0 Å². The second-order valence-corrected chi connectivity index (χ2v) is 5.26. The smallest absolute Gasteiger partial charge is 0.243 e. The number of rotatable bonds is 2. The molecule has 3 nitrogen and oxygen atoms in total. The van der Waals surface area contributed by atoms with Crippen LogP contribution < -0.4 is 11.1 Å². The van der Waals surface area contributed by atoms with Gasteiger partial charge in [-0.2, -0.15) is 0 Å². The van der Waals surface area contributed by atoms with Gasteiger partial charge in [0.25, 0.3) is 0 Å². The maximum absolute atomic E-state index is 11.0. The summed E-state index contributed by atoms with van der Waals surface area (Å²) in [6.07, 6.45) is 4.87. The van der Waals surface area contributed by atoms with E-state index in [1.54, 1.807) is 6.08 Å². The van der Waals surface area contributed by atoms with Gasteiger partial charge in [-0.15, -0.1) is 0 Å². The molecule has 0 bridgehead atoms. The zero-order chi connectivity index (χ0) is 15.9. The number of anilines is 1. The van der Waals surface area contributed by atoms with Crippen LogP contribution in [0.25, 0.3) is 6.08 Å². The molecule has 114 valence electrons. The van der Waals surface area contributed by atoms with E-state index in [4.69, 9.17) is 5.73 Å². The van der Waals surface area contributed by atoms with E-state index in [1.165, 1.54) is 11.1 Å². The van der Waals surface area contributed by atoms with Gasteiger partial charge in [0.2, 0.25) is 5.91 Å². The molecule has 3 heteroatoms. The van der Waals surface area contributed by atoms with Gasteiger partial charge in [-0.1, -0.05) is 61.5 Å². The molecule has 1 unspecified atom stereocenters. The molecule has 1 amide bonds. The lowest BCUT2D eigenvalue weighted by atomic mass is 10.0. The Morgan fingerprint density at radius 2 is 1.86 bits per heavy atom. The van der Waals surface area contributed by atoms with Crippen molar-refractivity contribution in [2.45, 2.75) is 26.3 Å². The van der Waals surface area contributed by atoms with Gasteiger partial charge in [0.1, 0.15) is 6.04 Å². The van der Waals surface area contributed by atoms with Gasteiger partial charge in [-0.05, 0) is 30.5 Å². The first-order valence-electron chi connectivity index (χ1n) is 7.49. The number of benzene rings is 2. The van der Waals surface area contributed by atoms with Crippen molar-refractivity contribution >= 4 is 17.7 Å². The zero-order valence-electron chi connectivity index (χ0n) is 13.0. The Hall–Kier alpha value is -2.55. The number of carbonyl (C=O) groups is 1. The van der Waals surface area contributed by atoms with Gasteiger partial charge >= 0.3 is 0 Å². The summed E-state index contributed by atoms with van der Waals surface area (Å²) in [5, 5.41) is 3.08. The first kappa shape index (κ1) is 15.8. The quantitative estimate of drug-likeness (QED) is 0.890. The monoisotopic (exact) mass is 294 g/mol. The van der Waals surface area contributed by atoms with Crippen LogP contribution in [0.15, 0.2) is 54.6 Å². The number of hydrogen-bond acceptors (Lipinski definition) is 2. The highest BCUT2D eigenvalue weighted by atomic mass is 16.1. The Balaban J connectivity index is 0.000000188. The maximum atomic E-state index is 11.0. The molecule has 0 spiro atoms. The fourth-order valence-corrected chi connectivity index (χ4v) is 2.32. The standard InChI is InChI=1S/C11H12N2O.C8H10/c1-7-3-2-4-9-8(7)5-6-10(13-9)11(12)14;1-2-8-6-4-3-5-7-8/h2-6,10,13H,1H3,(H2,12,14);3-7H,2H2,1H3. The van der Waals surface area contributed by atoms with Crippen molar-refractivity contribution in [3.63, 3.8) is 0 Å². The van der Waals surface area contributed by atoms with Crippen LogP contribution in [-0.2, 0) is 11.2 Å². The number of fused-ring (bicyclic) bond motifs is 1. The van der Waals surface area contributed by atoms with E-state index in [9.17, 15) is 4.79 Å². The van der Waals surface area contributed by atoms with E-state index in [2.05, 4.69) is 36.5 Å². The average Bonchev–Trinajstić information content (AvgIpc) is 2.56. The summed E-state index contributed by atoms with van der Waals surface area (Å²) in [6, 6.07) is 16.0. The second-order valence-electron chi connectivity index (χ2n) is 5.26. The molecule has 0 fully saturated rings. The molecule has 0 saturated heterocycles. The van der Waals surface area contributed by atoms with Crippen molar-refractivity contribution in [3.8, 4) is 0 Å². The summed E-state index contributed by atoms with van der Waals surface area (Å²) in [4.78, 5) is 11.0. The topological polar surface area (TPSA) is 55.1 Å². The minimum Gasteiger partial charge on any atom is -0.370 e. The highest BCUT2D eigenvalue weighted by Gasteiger charge is 2.17. The fraction of sp³-hybridized carbons (Fsp3) is 0.211. The van der Waals surface area contributed by atoms with Crippen LogP contribution in [0.3, 0.4) is 0 Å². The lowest BCUT2D eigenvalue weighted by Gasteiger charge is -2.20. The van der Waals surface area contributed by atoms with Crippen LogP contribution >= 0.6 is 0 Å². The normalized spacial score (nSPS) is 15.1. The Morgan fingerprint density at radius 3 is 2.45 bits per heavy atom. The molecule has 2 aromatic rings. The van der Waals surface area contributed by atoms with Crippen molar-refractivity contribution in [1.29, 1.82) is 0 Å². The molecule has 22 heavy (non-hydrogen) atoms. The second kappa shape index (κ2) is 7.46. The first-order valence-corrected chi connectivity index (χ1v) is 7.49. The maximum Gasteiger partial charge on any atom is 0.243 e. The molecule has 0 saturated carbocycles. The van der Waals surface area contributed by atoms with Gasteiger partial charge in [-0.3, -0.25) is 4.79 Å². The predicted molar refractivity (Wildman–Crippen MR) is 92.6 cm³/mol. The first-order chi connectivity index (χ1) is 10.6. The minimum absolute atomic E-state index is 0.353. The molecule has 1 heterocycles. The molecule has 0 radical (unpaired) electrons. The molecule has 1 aliphatic rings. The molecular formula is C19H22N2O. The van der Waals surface area contributed by atoms with Crippen LogP contribution in [0.2, 0.25) is 0 Å². The van der Waals surface area contributed by atoms with Crippen LogP contribution in [0.1, 0.15) is 23.6 Å². The summed E-state index contributed by atoms with van der Waals surface area (Å²) in [6.45, 7) is 4.20. The Bertz CT molecular complexity index is 662. The highest BCUT2D eigenvalue weighted by Crippen LogP contribution is 2.25. The molecule has 0 aromatic heterocycles. The number of nitrogens with one attached hydrogen (secondary N) is 1. The molecule has 3 N–H and O–H groups in total. The summed E-state index contributed by atoms with van der Waals surface area (Å²) in [7, 11) is 0. The Labute approximate surface area is 131 Å². The van der Waals surface area contributed by atoms with Crippen molar-refractivity contribution in [3.05, 3.63) is 71.3 Å². The third-order valence-corrected chi connectivity index (χ3v) is 3.65. The van der Waals surface area contributed by atoms with Crippen molar-refractivity contribution < 1.29 is 4.79 Å². The molecule has 1 atom stereocenters. The van der Waals surface area contributed by atoms with Crippen LogP contribution in [0.4, 0.5) is 5.69 Å². The number of hydrogen-bond donors (Lipinski definition) is 2. The number of carbonyl (C=O) groups excluding carboxylic acids is 1. The van der Waals surface area contributed by atoms with Gasteiger partial charge < -0.3 is 11.1 Å². The predicted octanol–water partition coefficient (Wildman–Crippen LogP) is 3.54. The largest absolute Gasteiger partial charge is 0.370 e. The number of amides is 1. The van der Waals surface area contributed by atoms with Crippen LogP contribution in [0, 0.1) is 6.92 Å². The minimum atomic E-state index is -0.385. The van der Waals surface area contributed by atoms with E-state index < -0.39 is 0 Å². The third-order valence-electron chi connectivity index (χ3n) is 3.65. The molecule has 2 aromatic carbocycles. The molecule has 3 rings (SSSR count). The highest BCUT2D eigenvalue weighted by molar-refractivity contribution is 5.89. The van der Waals surface area contributed by atoms with Gasteiger partial charge in [-0.25, -0.2) is 0 Å². The van der Waals surface area contributed by atoms with Crippen molar-refractivity contribution in [2.24, 2.45) is 5.73 Å². The summed E-state index contributed by atoms with van der Waals surface area (Å²) >= 11 is 0. The number of aryl methyl sites for hydroxylation is 2. The van der Waals surface area contributed by atoms with Crippen LogP contribution in [-0.4, -0.2) is 11.9 Å². The fourth-order valence-electron chi connectivity index (χ4n) is 2.32. The van der Waals surface area contributed by atoms with Gasteiger partial charge in [0.05, 0.1) is 0 Å². The average molecular weight is 294 g/mol. The lowest BCUT2D eigenvalue weighted by molar-refractivity contribution is -0.117. The van der Waals surface area contributed by atoms with E-state index >= 15 is 0 Å². The van der Waals surface area contributed by atoms with E-state index in [1.807, 2.05) is 37.3 Å². The van der Waals surface area contributed by atoms with E-state index in [0.29, 0.717) is 0 Å². The molecule has 1 aliphatic heterocycles. The number of primary amides is 1. The van der Waals surface area contributed by atoms with Crippen molar-refractivity contribution in [2.75, 3.05) is 5.32 Å². The Kier molecular flexibility index (Phi) is 5.37. The summed E-state index contributed by atoms with van der Waals surface area (Å²) < 4.78 is 0. The summed E-state index contributed by atoms with van der Waals surface area (Å²) in [5.41, 5.74) is 9.91. The Morgan fingerprint density at radius 1 is 1.14 bits per heavy atom. The van der Waals surface area contributed by atoms with E-state index in [-0.39, 0.29) is 11.9 Å². The van der Waals surface area contributed by atoms with Gasteiger partial charge in [0, 0.05) is 11.3 Å². The van der Waals surface area contributed by atoms with Crippen molar-refractivity contribution in [1.82, 2.24) is 0 Å². The van der Waals surface area contributed by atoms with Crippen LogP contribution in [0.5, 0.6) is 0 Å². The number of nitrogens with two attached hydrogens (primary N) is 1. The van der Waals surface area contributed by atoms with E-state index in [0.717, 1.165) is 17.7 Å². The zero-order valence-corrected chi connectivity index (χ0v) is 13.0. The lowest BCUT2D eigenvalue weighted by Crippen LogP contribution is -2.35.